The Hall–Kier alpha value is -2.22. The molecule has 0 fully saturated rings. The number of H-pyrrole nitrogens is 1. The van der Waals surface area contributed by atoms with Crippen molar-refractivity contribution in [2.24, 2.45) is 0 Å². The first-order valence-electron chi connectivity index (χ1n) is 6.28. The van der Waals surface area contributed by atoms with Crippen LogP contribution in [0.2, 0.25) is 0 Å². The van der Waals surface area contributed by atoms with Crippen molar-refractivity contribution < 1.29 is 4.42 Å². The van der Waals surface area contributed by atoms with Gasteiger partial charge in [0.2, 0.25) is 0 Å². The quantitative estimate of drug-likeness (QED) is 0.512. The molecule has 0 bridgehead atoms. The summed E-state index contributed by atoms with van der Waals surface area (Å²) < 4.78 is 6.03. The molecule has 2 nitrogen and oxygen atoms in total. The summed E-state index contributed by atoms with van der Waals surface area (Å²) in [5, 5.41) is 3.65. The summed E-state index contributed by atoms with van der Waals surface area (Å²) in [6.07, 6.45) is 2.96. The van der Waals surface area contributed by atoms with Crippen LogP contribution in [0.5, 0.6) is 0 Å². The van der Waals surface area contributed by atoms with E-state index < -0.39 is 0 Å². The van der Waals surface area contributed by atoms with Crippen molar-refractivity contribution in [2.75, 3.05) is 0 Å². The van der Waals surface area contributed by atoms with Crippen LogP contribution in [0.15, 0.2) is 47.0 Å². The van der Waals surface area contributed by atoms with Gasteiger partial charge in [0.1, 0.15) is 11.2 Å². The molecule has 2 heterocycles. The Bertz CT molecular complexity index is 867. The number of hydrogen-bond donors (Lipinski definition) is 1. The van der Waals surface area contributed by atoms with Gasteiger partial charge in [-0.05, 0) is 24.1 Å². The first kappa shape index (κ1) is 9.77. The molecule has 18 heavy (non-hydrogen) atoms. The van der Waals surface area contributed by atoms with E-state index in [2.05, 4.69) is 48.3 Å². The van der Waals surface area contributed by atoms with Crippen LogP contribution in [0.4, 0.5) is 0 Å². The molecule has 88 valence electrons. The molecule has 0 aliphatic rings. The van der Waals surface area contributed by atoms with Crippen molar-refractivity contribution in [2.45, 2.75) is 13.3 Å². The largest absolute Gasteiger partial charge is 0.456 e. The molecule has 0 saturated carbocycles. The van der Waals surface area contributed by atoms with Crippen molar-refractivity contribution in [3.05, 3.63) is 48.2 Å². The van der Waals surface area contributed by atoms with Gasteiger partial charge in [-0.2, -0.15) is 0 Å². The first-order valence-corrected chi connectivity index (χ1v) is 6.28. The fraction of sp³-hybridized carbons (Fsp3) is 0.125. The van der Waals surface area contributed by atoms with Crippen LogP contribution in [0.1, 0.15) is 12.5 Å². The van der Waals surface area contributed by atoms with Gasteiger partial charge in [-0.25, -0.2) is 0 Å². The summed E-state index contributed by atoms with van der Waals surface area (Å²) in [5.41, 5.74) is 4.38. The number of benzene rings is 2. The lowest BCUT2D eigenvalue weighted by Gasteiger charge is -1.96. The second-order valence-corrected chi connectivity index (χ2v) is 4.66. The molecule has 0 unspecified atom stereocenters. The third kappa shape index (κ3) is 1.17. The minimum absolute atomic E-state index is 0.959. The number of nitrogens with one attached hydrogen (secondary N) is 1. The molecule has 0 amide bonds. The third-order valence-electron chi connectivity index (χ3n) is 3.63. The van der Waals surface area contributed by atoms with E-state index in [1.54, 1.807) is 0 Å². The monoisotopic (exact) mass is 235 g/mol. The summed E-state index contributed by atoms with van der Waals surface area (Å²) in [6.45, 7) is 2.16. The van der Waals surface area contributed by atoms with Crippen LogP contribution in [-0.4, -0.2) is 4.98 Å². The van der Waals surface area contributed by atoms with Crippen LogP contribution in [0.3, 0.4) is 0 Å². The molecular formula is C16H13NO. The smallest absolute Gasteiger partial charge is 0.138 e. The van der Waals surface area contributed by atoms with Gasteiger partial charge < -0.3 is 9.40 Å². The Kier molecular flexibility index (Phi) is 1.84. The minimum Gasteiger partial charge on any atom is -0.456 e. The highest BCUT2D eigenvalue weighted by molar-refractivity contribution is 6.10. The highest BCUT2D eigenvalue weighted by Gasteiger charge is 2.10. The Morgan fingerprint density at radius 1 is 1.11 bits per heavy atom. The normalized spacial score (nSPS) is 11.8. The fourth-order valence-electron chi connectivity index (χ4n) is 2.68. The van der Waals surface area contributed by atoms with Crippen molar-refractivity contribution in [3.8, 4) is 0 Å². The van der Waals surface area contributed by atoms with E-state index in [1.807, 2.05) is 6.20 Å². The Morgan fingerprint density at radius 3 is 2.94 bits per heavy atom. The van der Waals surface area contributed by atoms with Gasteiger partial charge in [0.25, 0.3) is 0 Å². The minimum atomic E-state index is 0.959. The number of aromatic amines is 1. The van der Waals surface area contributed by atoms with E-state index in [1.165, 1.54) is 21.7 Å². The zero-order valence-corrected chi connectivity index (χ0v) is 10.2. The number of furan rings is 1. The summed E-state index contributed by atoms with van der Waals surface area (Å²) >= 11 is 0. The van der Waals surface area contributed by atoms with E-state index in [0.29, 0.717) is 0 Å². The summed E-state index contributed by atoms with van der Waals surface area (Å²) in [5.74, 6) is 0. The van der Waals surface area contributed by atoms with Gasteiger partial charge >= 0.3 is 0 Å². The van der Waals surface area contributed by atoms with E-state index in [4.69, 9.17) is 4.42 Å². The molecule has 0 spiro atoms. The molecular weight excluding hydrogens is 222 g/mol. The maximum absolute atomic E-state index is 6.03. The molecule has 0 atom stereocenters. The highest BCUT2D eigenvalue weighted by Crippen LogP contribution is 2.33. The SMILES string of the molecule is CCc1cccc2c1oc1cc3[nH]ccc3cc12. The zero-order chi connectivity index (χ0) is 12.1. The molecule has 2 aromatic carbocycles. The molecule has 4 aromatic rings. The first-order chi connectivity index (χ1) is 8.86. The summed E-state index contributed by atoms with van der Waals surface area (Å²) in [6, 6.07) is 12.8. The maximum atomic E-state index is 6.03. The second kappa shape index (κ2) is 3.39. The van der Waals surface area contributed by atoms with Crippen LogP contribution in [0.25, 0.3) is 32.8 Å². The zero-order valence-electron chi connectivity index (χ0n) is 10.2. The Balaban J connectivity index is 2.23. The van der Waals surface area contributed by atoms with E-state index in [0.717, 1.165) is 23.1 Å². The molecule has 0 aliphatic heterocycles. The van der Waals surface area contributed by atoms with Gasteiger partial charge in [0.15, 0.2) is 0 Å². The number of aryl methyl sites for hydroxylation is 1. The molecule has 0 radical (unpaired) electrons. The molecule has 0 aliphatic carbocycles. The lowest BCUT2D eigenvalue weighted by molar-refractivity contribution is 0.664. The molecule has 4 rings (SSSR count). The van der Waals surface area contributed by atoms with Crippen molar-refractivity contribution in [3.63, 3.8) is 0 Å². The molecule has 0 saturated heterocycles. The average molecular weight is 235 g/mol. The number of hydrogen-bond acceptors (Lipinski definition) is 1. The van der Waals surface area contributed by atoms with Gasteiger partial charge in [0, 0.05) is 33.9 Å². The lowest BCUT2D eigenvalue weighted by Crippen LogP contribution is -1.78. The van der Waals surface area contributed by atoms with Crippen molar-refractivity contribution >= 4 is 32.8 Å². The summed E-state index contributed by atoms with van der Waals surface area (Å²) in [7, 11) is 0. The molecule has 2 aromatic heterocycles. The lowest BCUT2D eigenvalue weighted by atomic mass is 10.1. The number of aromatic nitrogens is 1. The predicted octanol–water partition coefficient (Wildman–Crippen LogP) is 4.63. The predicted molar refractivity (Wildman–Crippen MR) is 75.0 cm³/mol. The Morgan fingerprint density at radius 2 is 2.06 bits per heavy atom. The van der Waals surface area contributed by atoms with Gasteiger partial charge in [-0.15, -0.1) is 0 Å². The second-order valence-electron chi connectivity index (χ2n) is 4.66. The topological polar surface area (TPSA) is 28.9 Å². The van der Waals surface area contributed by atoms with Crippen molar-refractivity contribution in [1.29, 1.82) is 0 Å². The van der Waals surface area contributed by atoms with Crippen LogP contribution in [0, 0.1) is 0 Å². The highest BCUT2D eigenvalue weighted by atomic mass is 16.3. The van der Waals surface area contributed by atoms with E-state index >= 15 is 0 Å². The molecule has 2 heteroatoms. The van der Waals surface area contributed by atoms with E-state index in [-0.39, 0.29) is 0 Å². The number of rotatable bonds is 1. The number of para-hydroxylation sites is 1. The van der Waals surface area contributed by atoms with Gasteiger partial charge in [-0.3, -0.25) is 0 Å². The average Bonchev–Trinajstić information content (AvgIpc) is 2.98. The van der Waals surface area contributed by atoms with Crippen LogP contribution in [-0.2, 0) is 6.42 Å². The standard InChI is InChI=1S/C16H13NO/c1-2-10-4-3-5-12-13-8-11-6-7-17-14(11)9-15(13)18-16(10)12/h3-9,17H,2H2,1H3. The third-order valence-corrected chi connectivity index (χ3v) is 3.63. The number of fused-ring (bicyclic) bond motifs is 4. The maximum Gasteiger partial charge on any atom is 0.138 e. The molecule has 1 N–H and O–H groups in total. The van der Waals surface area contributed by atoms with Gasteiger partial charge in [-0.1, -0.05) is 25.1 Å². The van der Waals surface area contributed by atoms with E-state index in [9.17, 15) is 0 Å². The van der Waals surface area contributed by atoms with Crippen LogP contribution >= 0.6 is 0 Å². The summed E-state index contributed by atoms with van der Waals surface area (Å²) in [4.78, 5) is 3.22. The van der Waals surface area contributed by atoms with Crippen LogP contribution < -0.4 is 0 Å². The fourth-order valence-corrected chi connectivity index (χ4v) is 2.68. The Labute approximate surface area is 104 Å². The van der Waals surface area contributed by atoms with Gasteiger partial charge in [0.05, 0.1) is 0 Å². The van der Waals surface area contributed by atoms with Crippen molar-refractivity contribution in [1.82, 2.24) is 4.98 Å².